The van der Waals surface area contributed by atoms with Gasteiger partial charge in [0.15, 0.2) is 14.6 Å². The van der Waals surface area contributed by atoms with E-state index in [4.69, 9.17) is 17.0 Å². The number of nitrogens with zero attached hydrogens (tertiary/aromatic N) is 1. The van der Waals surface area contributed by atoms with Gasteiger partial charge in [-0.2, -0.15) is 0 Å². The average Bonchev–Trinajstić information content (AvgIpc) is 2.98. The molecule has 0 aliphatic heterocycles. The lowest BCUT2D eigenvalue weighted by molar-refractivity contribution is 0.0758. The third kappa shape index (κ3) is 2.43. The maximum absolute atomic E-state index is 11.9. The van der Waals surface area contributed by atoms with Crippen molar-refractivity contribution in [3.05, 3.63) is 23.0 Å². The van der Waals surface area contributed by atoms with E-state index in [9.17, 15) is 8.42 Å². The fourth-order valence-electron chi connectivity index (χ4n) is 3.24. The Balaban J connectivity index is 2.26. The summed E-state index contributed by atoms with van der Waals surface area (Å²) in [6.07, 6.45) is 4.41. The molecular weight excluding hydrogens is 308 g/mol. The lowest BCUT2D eigenvalue weighted by Gasteiger charge is -2.20. The predicted octanol–water partition coefficient (Wildman–Crippen LogP) is 2.84. The number of hydrogen-bond acceptors (Lipinski definition) is 4. The molecule has 2 aromatic rings. The molecule has 1 heterocycles. The first-order valence-corrected chi connectivity index (χ1v) is 9.19. The van der Waals surface area contributed by atoms with Crippen LogP contribution in [0.2, 0.25) is 0 Å². The van der Waals surface area contributed by atoms with Crippen LogP contribution in [-0.2, 0) is 14.6 Å². The molecule has 1 aliphatic rings. The summed E-state index contributed by atoms with van der Waals surface area (Å²) in [7, 11) is -1.59. The van der Waals surface area contributed by atoms with Gasteiger partial charge in [-0.3, -0.25) is 0 Å². The van der Waals surface area contributed by atoms with Crippen LogP contribution in [0.25, 0.3) is 11.0 Å². The topological polar surface area (TPSA) is 64.1 Å². The molecule has 1 aromatic carbocycles. The van der Waals surface area contributed by atoms with Crippen LogP contribution < -0.4 is 0 Å². The van der Waals surface area contributed by atoms with Gasteiger partial charge in [0.1, 0.15) is 0 Å². The van der Waals surface area contributed by atoms with Crippen LogP contribution in [-0.4, -0.2) is 37.4 Å². The molecule has 0 bridgehead atoms. The number of sulfone groups is 1. The van der Waals surface area contributed by atoms with Crippen LogP contribution in [0.3, 0.4) is 0 Å². The number of aromatic amines is 1. The van der Waals surface area contributed by atoms with Crippen molar-refractivity contribution < 1.29 is 13.2 Å². The first-order chi connectivity index (χ1) is 9.93. The average molecular weight is 326 g/mol. The molecule has 7 heteroatoms. The Morgan fingerprint density at radius 1 is 1.38 bits per heavy atom. The Kier molecular flexibility index (Phi) is 3.67. The monoisotopic (exact) mass is 326 g/mol. The summed E-state index contributed by atoms with van der Waals surface area (Å²) in [5, 5.41) is 0. The molecule has 2 unspecified atom stereocenters. The normalized spacial score (nSPS) is 23.0. The van der Waals surface area contributed by atoms with Crippen molar-refractivity contribution in [3.63, 3.8) is 0 Å². The molecule has 0 amide bonds. The van der Waals surface area contributed by atoms with E-state index in [1.165, 1.54) is 6.26 Å². The molecule has 5 nitrogen and oxygen atoms in total. The maximum Gasteiger partial charge on any atom is 0.178 e. The second kappa shape index (κ2) is 5.23. The van der Waals surface area contributed by atoms with Crippen LogP contribution in [0.1, 0.15) is 25.3 Å². The molecule has 114 valence electrons. The highest BCUT2D eigenvalue weighted by Crippen LogP contribution is 2.35. The van der Waals surface area contributed by atoms with Crippen molar-refractivity contribution in [1.82, 2.24) is 9.55 Å². The Bertz CT molecular complexity index is 836. The molecule has 0 saturated heterocycles. The van der Waals surface area contributed by atoms with E-state index in [1.807, 2.05) is 10.6 Å². The van der Waals surface area contributed by atoms with Crippen LogP contribution in [0.15, 0.2) is 23.1 Å². The van der Waals surface area contributed by atoms with Crippen LogP contribution in [0, 0.1) is 4.77 Å². The highest BCUT2D eigenvalue weighted by Gasteiger charge is 2.30. The van der Waals surface area contributed by atoms with Gasteiger partial charge < -0.3 is 14.3 Å². The molecule has 3 rings (SSSR count). The fraction of sp³-hybridized carbons (Fsp3) is 0.500. The van der Waals surface area contributed by atoms with Gasteiger partial charge in [0.2, 0.25) is 0 Å². The summed E-state index contributed by atoms with van der Waals surface area (Å²) in [6, 6.07) is 5.43. The zero-order valence-electron chi connectivity index (χ0n) is 12.0. The van der Waals surface area contributed by atoms with Gasteiger partial charge in [-0.1, -0.05) is 6.07 Å². The summed E-state index contributed by atoms with van der Waals surface area (Å²) >= 11 is 5.43. The van der Waals surface area contributed by atoms with Gasteiger partial charge in [0.25, 0.3) is 0 Å². The van der Waals surface area contributed by atoms with E-state index >= 15 is 0 Å². The first kappa shape index (κ1) is 14.7. The maximum atomic E-state index is 11.9. The number of nitrogens with one attached hydrogen (secondary N) is 1. The third-order valence-corrected chi connectivity index (χ3v) is 5.60. The molecule has 1 saturated carbocycles. The third-order valence-electron chi connectivity index (χ3n) is 4.17. The molecule has 2 atom stereocenters. The van der Waals surface area contributed by atoms with Gasteiger partial charge in [-0.05, 0) is 43.6 Å². The van der Waals surface area contributed by atoms with E-state index in [2.05, 4.69) is 4.98 Å². The van der Waals surface area contributed by atoms with Crippen molar-refractivity contribution in [2.24, 2.45) is 0 Å². The molecular formula is C14H18N2O3S2. The smallest absolute Gasteiger partial charge is 0.178 e. The SMILES string of the molecule is COC1CCCC1n1c(=S)[nH]c2c(S(C)(=O)=O)cccc21. The number of rotatable bonds is 3. The molecule has 0 radical (unpaired) electrons. The van der Waals surface area contributed by atoms with Crippen LogP contribution >= 0.6 is 12.2 Å². The van der Waals surface area contributed by atoms with E-state index in [0.29, 0.717) is 10.3 Å². The number of fused-ring (bicyclic) bond motifs is 1. The summed E-state index contributed by atoms with van der Waals surface area (Å²) in [4.78, 5) is 3.36. The Labute approximate surface area is 128 Å². The van der Waals surface area contributed by atoms with Crippen LogP contribution in [0.4, 0.5) is 0 Å². The summed E-state index contributed by atoms with van der Waals surface area (Å²) in [5.74, 6) is 0. The molecule has 1 aromatic heterocycles. The molecule has 0 spiro atoms. The van der Waals surface area contributed by atoms with Gasteiger partial charge in [-0.15, -0.1) is 0 Å². The number of methoxy groups -OCH3 is 1. The van der Waals surface area contributed by atoms with Gasteiger partial charge in [0, 0.05) is 13.4 Å². The summed E-state index contributed by atoms with van der Waals surface area (Å²) in [6.45, 7) is 0. The standard InChI is InChI=1S/C14H18N2O3S2/c1-19-11-7-3-5-9(11)16-10-6-4-8-12(21(2,17)18)13(10)15-14(16)20/h4,6,8-9,11H,3,5,7H2,1-2H3,(H,15,20). The number of H-pyrrole nitrogens is 1. The molecule has 1 fully saturated rings. The molecule has 21 heavy (non-hydrogen) atoms. The summed E-state index contributed by atoms with van der Waals surface area (Å²) < 4.78 is 32.0. The Morgan fingerprint density at radius 3 is 2.81 bits per heavy atom. The highest BCUT2D eigenvalue weighted by molar-refractivity contribution is 7.91. The number of hydrogen-bond donors (Lipinski definition) is 1. The van der Waals surface area contributed by atoms with Gasteiger partial charge >= 0.3 is 0 Å². The second-order valence-corrected chi connectivity index (χ2v) is 7.87. The minimum Gasteiger partial charge on any atom is -0.379 e. The quantitative estimate of drug-likeness (QED) is 0.881. The van der Waals surface area contributed by atoms with E-state index in [-0.39, 0.29) is 17.0 Å². The van der Waals surface area contributed by atoms with Gasteiger partial charge in [-0.25, -0.2) is 8.42 Å². The van der Waals surface area contributed by atoms with Crippen molar-refractivity contribution >= 4 is 33.1 Å². The number of benzene rings is 1. The van der Waals surface area contributed by atoms with Gasteiger partial charge in [0.05, 0.1) is 28.1 Å². The number of aromatic nitrogens is 2. The Morgan fingerprint density at radius 2 is 2.14 bits per heavy atom. The number of imidazole rings is 1. The van der Waals surface area contributed by atoms with Crippen molar-refractivity contribution in [2.45, 2.75) is 36.3 Å². The minimum absolute atomic E-state index is 0.123. The first-order valence-electron chi connectivity index (χ1n) is 6.89. The Hall–Kier alpha value is -1.18. The minimum atomic E-state index is -3.30. The lowest BCUT2D eigenvalue weighted by Crippen LogP contribution is -2.20. The zero-order valence-corrected chi connectivity index (χ0v) is 13.6. The largest absolute Gasteiger partial charge is 0.379 e. The van der Waals surface area contributed by atoms with Crippen LogP contribution in [0.5, 0.6) is 0 Å². The zero-order chi connectivity index (χ0) is 15.2. The van der Waals surface area contributed by atoms with E-state index in [0.717, 1.165) is 24.8 Å². The molecule has 1 aliphatic carbocycles. The van der Waals surface area contributed by atoms with Crippen molar-refractivity contribution in [1.29, 1.82) is 0 Å². The summed E-state index contributed by atoms with van der Waals surface area (Å²) in [5.41, 5.74) is 1.42. The molecule has 1 N–H and O–H groups in total. The van der Waals surface area contributed by atoms with E-state index < -0.39 is 9.84 Å². The highest BCUT2D eigenvalue weighted by atomic mass is 32.2. The second-order valence-electron chi connectivity index (χ2n) is 5.50. The van der Waals surface area contributed by atoms with Crippen molar-refractivity contribution in [2.75, 3.05) is 13.4 Å². The fourth-order valence-corrected chi connectivity index (χ4v) is 4.43. The predicted molar refractivity (Wildman–Crippen MR) is 83.9 cm³/mol. The lowest BCUT2D eigenvalue weighted by atomic mass is 10.2. The van der Waals surface area contributed by atoms with Crippen molar-refractivity contribution in [3.8, 4) is 0 Å². The number of para-hydroxylation sites is 1. The van der Waals surface area contributed by atoms with E-state index in [1.54, 1.807) is 19.2 Å². The number of ether oxygens (including phenoxy) is 1.